The molecule has 14 heteroatoms. The second kappa shape index (κ2) is 9.22. The van der Waals surface area contributed by atoms with Crippen LogP contribution in [-0.2, 0) is 17.5 Å². The summed E-state index contributed by atoms with van der Waals surface area (Å²) >= 11 is 27.4. The van der Waals surface area contributed by atoms with E-state index in [9.17, 15) is 18.0 Å². The third kappa shape index (κ3) is 5.07. The summed E-state index contributed by atoms with van der Waals surface area (Å²) in [6.07, 6.45) is -4.48. The molecule has 1 heterocycles. The Morgan fingerprint density at radius 3 is 2.28 bits per heavy atom. The summed E-state index contributed by atoms with van der Waals surface area (Å²) in [5, 5.41) is 11.9. The number of hydrogen-bond acceptors (Lipinski definition) is 5. The lowest BCUT2D eigenvalue weighted by atomic mass is 10.0. The van der Waals surface area contributed by atoms with Gasteiger partial charge in [0.25, 0.3) is 5.91 Å². The Morgan fingerprint density at radius 1 is 1.12 bits per heavy atom. The Hall–Kier alpha value is -1.79. The smallest absolute Gasteiger partial charge is 0.360 e. The number of alkyl halides is 3. The number of benzene rings is 2. The van der Waals surface area contributed by atoms with Gasteiger partial charge in [-0.25, -0.2) is 0 Å². The number of halogens is 6. The molecule has 1 aromatic heterocycles. The molecule has 0 saturated carbocycles. The number of rotatable bonds is 5. The standard InChI is InChI=1S/C18H13Cl3F3N5OS2/c1-17(16(30)28-32,25-15(31)8-2-4-9(5-3-8)18(22,23)24)7-29-26-13-11(20)6-10(19)12(21)14(13)27-29/h2-6,32H,7H2,1H3,(H,25,31)(H,28,30). The van der Waals surface area contributed by atoms with E-state index >= 15 is 0 Å². The van der Waals surface area contributed by atoms with Gasteiger partial charge in [0, 0.05) is 5.56 Å². The van der Waals surface area contributed by atoms with E-state index in [2.05, 4.69) is 33.1 Å². The van der Waals surface area contributed by atoms with Gasteiger partial charge in [-0.15, -0.1) is 0 Å². The highest BCUT2D eigenvalue weighted by molar-refractivity contribution is 7.80. The van der Waals surface area contributed by atoms with Gasteiger partial charge in [0.15, 0.2) is 0 Å². The van der Waals surface area contributed by atoms with E-state index in [1.54, 1.807) is 0 Å². The lowest BCUT2D eigenvalue weighted by molar-refractivity contribution is -0.137. The number of amides is 1. The summed E-state index contributed by atoms with van der Waals surface area (Å²) < 4.78 is 40.6. The lowest BCUT2D eigenvalue weighted by Gasteiger charge is -2.29. The number of carbonyl (C=O) groups excluding carboxylic acids is 1. The maximum Gasteiger partial charge on any atom is 0.416 e. The SMILES string of the molecule is CC(Cn1nc2c(Cl)cc(Cl)c(Cl)c2n1)(NC(=S)c1ccc(C(F)(F)F)cc1)C(=O)NS. The number of nitrogens with zero attached hydrogens (tertiary/aromatic N) is 3. The van der Waals surface area contributed by atoms with Crippen LogP contribution < -0.4 is 10.0 Å². The molecule has 0 fully saturated rings. The first kappa shape index (κ1) is 24.8. The average Bonchev–Trinajstić information content (AvgIpc) is 3.15. The molecule has 1 unspecified atom stereocenters. The lowest BCUT2D eigenvalue weighted by Crippen LogP contribution is -2.57. The zero-order valence-corrected chi connectivity index (χ0v) is 19.9. The van der Waals surface area contributed by atoms with E-state index in [0.29, 0.717) is 0 Å². The molecule has 2 aromatic carbocycles. The van der Waals surface area contributed by atoms with Gasteiger partial charge in [0.05, 0.1) is 27.2 Å². The van der Waals surface area contributed by atoms with Gasteiger partial charge < -0.3 is 10.0 Å². The van der Waals surface area contributed by atoms with Crippen molar-refractivity contribution in [3.63, 3.8) is 0 Å². The predicted molar refractivity (Wildman–Crippen MR) is 124 cm³/mol. The van der Waals surface area contributed by atoms with Crippen LogP contribution in [-0.4, -0.2) is 31.4 Å². The fourth-order valence-electron chi connectivity index (χ4n) is 2.79. The topological polar surface area (TPSA) is 71.8 Å². The summed E-state index contributed by atoms with van der Waals surface area (Å²) in [5.41, 5.74) is -1.47. The van der Waals surface area contributed by atoms with E-state index in [1.165, 1.54) is 29.9 Å². The normalized spacial score (nSPS) is 13.6. The maximum atomic E-state index is 12.8. The third-order valence-electron chi connectivity index (χ3n) is 4.48. The fraction of sp³-hybridized carbons (Fsp3) is 0.222. The van der Waals surface area contributed by atoms with Gasteiger partial charge in [0.1, 0.15) is 21.6 Å². The number of carbonyl (C=O) groups is 1. The largest absolute Gasteiger partial charge is 0.416 e. The summed E-state index contributed by atoms with van der Waals surface area (Å²) in [4.78, 5) is 13.8. The summed E-state index contributed by atoms with van der Waals surface area (Å²) in [6, 6.07) is 5.63. The van der Waals surface area contributed by atoms with Crippen LogP contribution in [0.2, 0.25) is 15.1 Å². The molecule has 0 aliphatic heterocycles. The fourth-order valence-corrected chi connectivity index (χ4v) is 4.07. The van der Waals surface area contributed by atoms with E-state index in [4.69, 9.17) is 47.0 Å². The van der Waals surface area contributed by atoms with Crippen LogP contribution in [0.15, 0.2) is 30.3 Å². The molecule has 0 aliphatic rings. The molecule has 32 heavy (non-hydrogen) atoms. The molecule has 0 saturated heterocycles. The van der Waals surface area contributed by atoms with E-state index < -0.39 is 23.2 Å². The molecule has 6 nitrogen and oxygen atoms in total. The van der Waals surface area contributed by atoms with Gasteiger partial charge in [-0.1, -0.05) is 72.0 Å². The number of hydrogen-bond donors (Lipinski definition) is 3. The highest BCUT2D eigenvalue weighted by Gasteiger charge is 2.36. The minimum absolute atomic E-state index is 0.0361. The summed E-state index contributed by atoms with van der Waals surface area (Å²) in [7, 11) is 0. The molecule has 2 N–H and O–H groups in total. The highest BCUT2D eigenvalue weighted by Crippen LogP contribution is 2.34. The van der Waals surface area contributed by atoms with Crippen molar-refractivity contribution in [3.8, 4) is 0 Å². The molecule has 0 radical (unpaired) electrons. The molecule has 1 amide bonds. The Morgan fingerprint density at radius 2 is 1.72 bits per heavy atom. The predicted octanol–water partition coefficient (Wildman–Crippen LogP) is 5.10. The van der Waals surface area contributed by atoms with Crippen molar-refractivity contribution in [2.24, 2.45) is 0 Å². The first-order chi connectivity index (χ1) is 14.9. The number of nitrogens with one attached hydrogen (secondary N) is 2. The molecule has 0 aliphatic carbocycles. The molecular formula is C18H13Cl3F3N5OS2. The van der Waals surface area contributed by atoms with Crippen molar-refractivity contribution in [3.05, 3.63) is 56.5 Å². The molecule has 0 spiro atoms. The van der Waals surface area contributed by atoms with E-state index in [-0.39, 0.29) is 43.2 Å². The first-order valence-electron chi connectivity index (χ1n) is 8.68. The molecule has 3 rings (SSSR count). The van der Waals surface area contributed by atoms with Crippen LogP contribution in [0.1, 0.15) is 18.1 Å². The minimum Gasteiger partial charge on any atom is -0.360 e. The van der Waals surface area contributed by atoms with Gasteiger partial charge >= 0.3 is 6.18 Å². The van der Waals surface area contributed by atoms with Crippen molar-refractivity contribution in [1.82, 2.24) is 25.0 Å². The third-order valence-corrected chi connectivity index (χ3v) is 6.08. The second-order valence-electron chi connectivity index (χ2n) is 6.88. The van der Waals surface area contributed by atoms with Crippen molar-refractivity contribution in [2.45, 2.75) is 25.2 Å². The number of aromatic nitrogens is 3. The summed E-state index contributed by atoms with van der Waals surface area (Å²) in [6.45, 7) is 1.35. The van der Waals surface area contributed by atoms with Crippen LogP contribution in [0.25, 0.3) is 11.0 Å². The van der Waals surface area contributed by atoms with Gasteiger partial charge in [-0.2, -0.15) is 28.2 Å². The number of thiocarbonyl (C=S) groups is 1. The minimum atomic E-state index is -4.48. The maximum absolute atomic E-state index is 12.8. The van der Waals surface area contributed by atoms with Crippen LogP contribution in [0.3, 0.4) is 0 Å². The summed E-state index contributed by atoms with van der Waals surface area (Å²) in [5.74, 6) is -0.591. The van der Waals surface area contributed by atoms with Crippen molar-refractivity contribution in [2.75, 3.05) is 0 Å². The quantitative estimate of drug-likeness (QED) is 0.238. The van der Waals surface area contributed by atoms with Crippen LogP contribution in [0.5, 0.6) is 0 Å². The zero-order valence-electron chi connectivity index (χ0n) is 16.0. The molecular weight excluding hydrogens is 530 g/mol. The number of fused-ring (bicyclic) bond motifs is 1. The van der Waals surface area contributed by atoms with E-state index in [0.717, 1.165) is 12.1 Å². The average molecular weight is 543 g/mol. The van der Waals surface area contributed by atoms with Crippen LogP contribution in [0, 0.1) is 0 Å². The van der Waals surface area contributed by atoms with E-state index in [1.807, 2.05) is 0 Å². The molecule has 1 atom stereocenters. The highest BCUT2D eigenvalue weighted by atomic mass is 35.5. The Balaban J connectivity index is 1.91. The number of thiol groups is 1. The van der Waals surface area contributed by atoms with Crippen molar-refractivity contribution < 1.29 is 18.0 Å². The molecule has 0 bridgehead atoms. The van der Waals surface area contributed by atoms with Gasteiger partial charge in [0.2, 0.25) is 0 Å². The second-order valence-corrected chi connectivity index (χ2v) is 8.71. The van der Waals surface area contributed by atoms with Crippen LogP contribution in [0.4, 0.5) is 13.2 Å². The molecule has 170 valence electrons. The Labute approximate surface area is 205 Å². The first-order valence-corrected chi connectivity index (χ1v) is 10.7. The monoisotopic (exact) mass is 541 g/mol. The van der Waals surface area contributed by atoms with Crippen molar-refractivity contribution >= 4 is 81.8 Å². The Kier molecular flexibility index (Phi) is 7.16. The van der Waals surface area contributed by atoms with Crippen molar-refractivity contribution in [1.29, 1.82) is 0 Å². The zero-order chi connectivity index (χ0) is 23.8. The molecule has 3 aromatic rings. The van der Waals surface area contributed by atoms with Gasteiger partial charge in [-0.05, 0) is 25.1 Å². The van der Waals surface area contributed by atoms with Gasteiger partial charge in [-0.3, -0.25) is 4.79 Å². The van der Waals surface area contributed by atoms with Crippen LogP contribution >= 0.6 is 59.8 Å². The Bertz CT molecular complexity index is 1200.